The van der Waals surface area contributed by atoms with E-state index in [4.69, 9.17) is 9.72 Å². The molecule has 0 unspecified atom stereocenters. The molecule has 0 N–H and O–H groups in total. The number of amides is 1. The van der Waals surface area contributed by atoms with Crippen LogP contribution in [0.4, 0.5) is 5.13 Å². The largest absolute Gasteiger partial charge is 0.494 e. The second-order valence-electron chi connectivity index (χ2n) is 5.76. The predicted octanol–water partition coefficient (Wildman–Crippen LogP) is 4.36. The van der Waals surface area contributed by atoms with Crippen LogP contribution >= 0.6 is 22.7 Å². The van der Waals surface area contributed by atoms with E-state index in [9.17, 15) is 4.79 Å². The van der Waals surface area contributed by atoms with E-state index >= 15 is 0 Å². The van der Waals surface area contributed by atoms with Crippen LogP contribution in [0.2, 0.25) is 0 Å². The standard InChI is InChI=1S/C19H23N3O2S2/c1-4-21(5-2)11-12-22(18(23)16-10-7-13-25-16)19-20-17-14(24-3)8-6-9-15(17)26-19/h6-10,13H,4-5,11-12H2,1-3H3. The highest BCUT2D eigenvalue weighted by molar-refractivity contribution is 7.22. The lowest BCUT2D eigenvalue weighted by Crippen LogP contribution is -2.38. The number of hydrogen-bond acceptors (Lipinski definition) is 6. The Hall–Kier alpha value is -1.96. The maximum Gasteiger partial charge on any atom is 0.270 e. The van der Waals surface area contributed by atoms with E-state index in [1.54, 1.807) is 12.0 Å². The van der Waals surface area contributed by atoms with E-state index < -0.39 is 0 Å². The van der Waals surface area contributed by atoms with Crippen LogP contribution in [0.1, 0.15) is 23.5 Å². The molecule has 0 atom stereocenters. The van der Waals surface area contributed by atoms with Crippen molar-refractivity contribution in [1.29, 1.82) is 0 Å². The summed E-state index contributed by atoms with van der Waals surface area (Å²) in [6.45, 7) is 7.63. The smallest absolute Gasteiger partial charge is 0.270 e. The summed E-state index contributed by atoms with van der Waals surface area (Å²) in [6.07, 6.45) is 0. The number of rotatable bonds is 8. The third-order valence-corrected chi connectivity index (χ3v) is 6.23. The van der Waals surface area contributed by atoms with Crippen LogP contribution in [0.15, 0.2) is 35.7 Å². The maximum absolute atomic E-state index is 13.1. The molecule has 5 nitrogen and oxygen atoms in total. The van der Waals surface area contributed by atoms with Crippen LogP contribution in [0.3, 0.4) is 0 Å². The molecule has 3 aromatic rings. The molecule has 1 aromatic carbocycles. The van der Waals surface area contributed by atoms with Gasteiger partial charge in [-0.15, -0.1) is 11.3 Å². The molecule has 0 bridgehead atoms. The van der Waals surface area contributed by atoms with Crippen LogP contribution < -0.4 is 9.64 Å². The zero-order valence-corrected chi connectivity index (χ0v) is 16.9. The van der Waals surface area contributed by atoms with Crippen molar-refractivity contribution in [1.82, 2.24) is 9.88 Å². The van der Waals surface area contributed by atoms with E-state index in [1.165, 1.54) is 22.7 Å². The number of aromatic nitrogens is 1. The number of fused-ring (bicyclic) bond motifs is 1. The molecule has 0 fully saturated rings. The number of carbonyl (C=O) groups is 1. The van der Waals surface area contributed by atoms with Gasteiger partial charge in [-0.25, -0.2) is 4.98 Å². The monoisotopic (exact) mass is 389 g/mol. The molecule has 0 saturated carbocycles. The van der Waals surface area contributed by atoms with Gasteiger partial charge in [-0.3, -0.25) is 9.69 Å². The van der Waals surface area contributed by atoms with Crippen molar-refractivity contribution in [2.45, 2.75) is 13.8 Å². The predicted molar refractivity (Wildman–Crippen MR) is 110 cm³/mol. The lowest BCUT2D eigenvalue weighted by Gasteiger charge is -2.24. The molecular formula is C19H23N3O2S2. The Morgan fingerprint density at radius 1 is 1.15 bits per heavy atom. The molecule has 3 rings (SSSR count). The first-order chi connectivity index (χ1) is 12.7. The van der Waals surface area contributed by atoms with Crippen molar-refractivity contribution in [2.24, 2.45) is 0 Å². The SMILES string of the molecule is CCN(CC)CCN(C(=O)c1cccs1)c1nc2c(OC)cccc2s1. The summed E-state index contributed by atoms with van der Waals surface area (Å²) in [5.74, 6) is 0.738. The van der Waals surface area contributed by atoms with Crippen LogP contribution in [-0.4, -0.2) is 49.1 Å². The fourth-order valence-electron chi connectivity index (χ4n) is 2.79. The van der Waals surface area contributed by atoms with Crippen LogP contribution in [0, 0.1) is 0 Å². The molecule has 0 radical (unpaired) electrons. The number of para-hydroxylation sites is 1. The van der Waals surface area contributed by atoms with Gasteiger partial charge in [0.2, 0.25) is 0 Å². The number of thiophene rings is 1. The Kier molecular flexibility index (Phi) is 6.24. The molecule has 0 aliphatic heterocycles. The van der Waals surface area contributed by atoms with Gasteiger partial charge < -0.3 is 9.64 Å². The number of carbonyl (C=O) groups excluding carboxylic acids is 1. The lowest BCUT2D eigenvalue weighted by molar-refractivity contribution is 0.0987. The first kappa shape index (κ1) is 18.8. The van der Waals surface area contributed by atoms with Gasteiger partial charge in [0.15, 0.2) is 5.13 Å². The Labute approximate surface area is 161 Å². The molecule has 138 valence electrons. The van der Waals surface area contributed by atoms with Gasteiger partial charge in [0.25, 0.3) is 5.91 Å². The number of likely N-dealkylation sites (N-methyl/N-ethyl adjacent to an activating group) is 1. The summed E-state index contributed by atoms with van der Waals surface area (Å²) in [5.41, 5.74) is 0.807. The third-order valence-electron chi connectivity index (χ3n) is 4.33. The summed E-state index contributed by atoms with van der Waals surface area (Å²) in [6, 6.07) is 9.63. The molecule has 2 heterocycles. The minimum Gasteiger partial charge on any atom is -0.494 e. The van der Waals surface area contributed by atoms with Crippen molar-refractivity contribution < 1.29 is 9.53 Å². The van der Waals surface area contributed by atoms with Crippen molar-refractivity contribution >= 4 is 43.9 Å². The number of hydrogen-bond donors (Lipinski definition) is 0. The molecule has 7 heteroatoms. The maximum atomic E-state index is 13.1. The molecule has 0 aliphatic rings. The molecule has 1 amide bonds. The lowest BCUT2D eigenvalue weighted by atomic mass is 10.3. The zero-order chi connectivity index (χ0) is 18.5. The first-order valence-electron chi connectivity index (χ1n) is 8.69. The topological polar surface area (TPSA) is 45.7 Å². The molecule has 0 aliphatic carbocycles. The van der Waals surface area contributed by atoms with E-state index in [0.717, 1.165) is 45.6 Å². The van der Waals surface area contributed by atoms with Gasteiger partial charge in [0, 0.05) is 13.1 Å². The van der Waals surface area contributed by atoms with Gasteiger partial charge in [-0.05, 0) is 36.7 Å². The number of anilines is 1. The Morgan fingerprint density at radius 2 is 1.96 bits per heavy atom. The second-order valence-corrected chi connectivity index (χ2v) is 7.72. The molecule has 0 spiro atoms. The number of benzene rings is 1. The average molecular weight is 390 g/mol. The van der Waals surface area contributed by atoms with Crippen molar-refractivity contribution in [3.8, 4) is 5.75 Å². The van der Waals surface area contributed by atoms with Gasteiger partial charge in [0.05, 0.1) is 16.7 Å². The van der Waals surface area contributed by atoms with Gasteiger partial charge in [-0.2, -0.15) is 0 Å². The van der Waals surface area contributed by atoms with E-state index in [-0.39, 0.29) is 5.91 Å². The molecule has 26 heavy (non-hydrogen) atoms. The minimum absolute atomic E-state index is 0.00480. The highest BCUT2D eigenvalue weighted by Gasteiger charge is 2.23. The number of methoxy groups -OCH3 is 1. The molecule has 0 saturated heterocycles. The van der Waals surface area contributed by atoms with E-state index in [1.807, 2.05) is 35.7 Å². The molecular weight excluding hydrogens is 366 g/mol. The summed E-state index contributed by atoms with van der Waals surface area (Å²) >= 11 is 2.99. The summed E-state index contributed by atoms with van der Waals surface area (Å²) in [5, 5.41) is 2.65. The average Bonchev–Trinajstić information content (AvgIpc) is 3.34. The zero-order valence-electron chi connectivity index (χ0n) is 15.3. The third kappa shape index (κ3) is 3.90. The van der Waals surface area contributed by atoms with Crippen LogP contribution in [0.25, 0.3) is 10.2 Å². The highest BCUT2D eigenvalue weighted by Crippen LogP contribution is 2.34. The van der Waals surface area contributed by atoms with E-state index in [0.29, 0.717) is 6.54 Å². The normalized spacial score (nSPS) is 11.2. The fraction of sp³-hybridized carbons (Fsp3) is 0.368. The van der Waals surface area contributed by atoms with Crippen molar-refractivity contribution in [3.05, 3.63) is 40.6 Å². The fourth-order valence-corrected chi connectivity index (χ4v) is 4.47. The van der Waals surface area contributed by atoms with Crippen molar-refractivity contribution in [3.63, 3.8) is 0 Å². The molecule has 2 aromatic heterocycles. The Bertz CT molecular complexity index is 857. The number of thiazole rings is 1. The quantitative estimate of drug-likeness (QED) is 0.574. The first-order valence-corrected chi connectivity index (χ1v) is 10.4. The number of nitrogens with zero attached hydrogens (tertiary/aromatic N) is 3. The Balaban J connectivity index is 1.95. The summed E-state index contributed by atoms with van der Waals surface area (Å²) in [4.78, 5) is 22.6. The van der Waals surface area contributed by atoms with E-state index in [2.05, 4.69) is 18.7 Å². The van der Waals surface area contributed by atoms with Gasteiger partial charge >= 0.3 is 0 Å². The number of ether oxygens (including phenoxy) is 1. The summed E-state index contributed by atoms with van der Waals surface area (Å²) in [7, 11) is 1.64. The Morgan fingerprint density at radius 3 is 2.62 bits per heavy atom. The summed E-state index contributed by atoms with van der Waals surface area (Å²) < 4.78 is 6.44. The highest BCUT2D eigenvalue weighted by atomic mass is 32.1. The van der Waals surface area contributed by atoms with Crippen LogP contribution in [-0.2, 0) is 0 Å². The second kappa shape index (κ2) is 8.62. The minimum atomic E-state index is 0.00480. The van der Waals surface area contributed by atoms with Crippen molar-refractivity contribution in [2.75, 3.05) is 38.2 Å². The van der Waals surface area contributed by atoms with Gasteiger partial charge in [0.1, 0.15) is 11.3 Å². The van der Waals surface area contributed by atoms with Gasteiger partial charge in [-0.1, -0.05) is 37.3 Å². The van der Waals surface area contributed by atoms with Crippen LogP contribution in [0.5, 0.6) is 5.75 Å².